The second kappa shape index (κ2) is 7.25. The van der Waals surface area contributed by atoms with Gasteiger partial charge >= 0.3 is 0 Å². The van der Waals surface area contributed by atoms with Crippen molar-refractivity contribution in [2.75, 3.05) is 16.8 Å². The molecule has 1 fully saturated rings. The Morgan fingerprint density at radius 3 is 2.59 bits per heavy atom. The molecule has 0 unspecified atom stereocenters. The van der Waals surface area contributed by atoms with Gasteiger partial charge in [0.15, 0.2) is 12.1 Å². The van der Waals surface area contributed by atoms with Gasteiger partial charge in [-0.15, -0.1) is 0 Å². The molecule has 0 aromatic heterocycles. The van der Waals surface area contributed by atoms with Gasteiger partial charge in [-0.05, 0) is 48.9 Å². The maximum absolute atomic E-state index is 13.0. The number of hydrogen-bond donors (Lipinski definition) is 1. The van der Waals surface area contributed by atoms with E-state index in [2.05, 4.69) is 15.7 Å². The second-order valence-electron chi connectivity index (χ2n) is 6.69. The Labute approximate surface area is 169 Å². The number of aryl methyl sites for hydroxylation is 1. The van der Waals surface area contributed by atoms with E-state index in [0.29, 0.717) is 16.4 Å². The molecule has 0 spiro atoms. The maximum atomic E-state index is 13.0. The van der Waals surface area contributed by atoms with Crippen LogP contribution in [-0.2, 0) is 14.4 Å². The van der Waals surface area contributed by atoms with Crippen molar-refractivity contribution in [2.45, 2.75) is 19.0 Å². The van der Waals surface area contributed by atoms with Gasteiger partial charge in [-0.2, -0.15) is 5.11 Å². The lowest BCUT2D eigenvalue weighted by Crippen LogP contribution is -2.43. The fourth-order valence-electron chi connectivity index (χ4n) is 3.21. The Morgan fingerprint density at radius 2 is 1.90 bits per heavy atom. The summed E-state index contributed by atoms with van der Waals surface area (Å²) >= 11 is 6.11. The Hall–Kier alpha value is -3.33. The van der Waals surface area contributed by atoms with Gasteiger partial charge in [-0.3, -0.25) is 19.4 Å². The standard InChI is InChI=1S/C19H15ClFN5O3/c1-10-2-7-13(8-14(10)20)26-18(28)16-17(19(26)29)25(24-23-16)9-15(27)22-12-5-3-11(21)4-6-12/h2-8,16-17H,9H2,1H3,(H,22,27)/t16-,17-/m0/s1. The summed E-state index contributed by atoms with van der Waals surface area (Å²) in [6, 6.07) is 8.11. The van der Waals surface area contributed by atoms with Crippen molar-refractivity contribution in [1.82, 2.24) is 5.01 Å². The summed E-state index contributed by atoms with van der Waals surface area (Å²) in [6.45, 7) is 1.52. The van der Waals surface area contributed by atoms with Gasteiger partial charge in [-0.1, -0.05) is 22.9 Å². The number of imide groups is 1. The maximum Gasteiger partial charge on any atom is 0.263 e. The van der Waals surface area contributed by atoms with Crippen LogP contribution in [0.5, 0.6) is 0 Å². The molecule has 10 heteroatoms. The molecule has 2 atom stereocenters. The van der Waals surface area contributed by atoms with Crippen molar-refractivity contribution in [3.63, 3.8) is 0 Å². The molecule has 148 valence electrons. The minimum absolute atomic E-state index is 0.288. The van der Waals surface area contributed by atoms with Crippen LogP contribution in [0.25, 0.3) is 0 Å². The lowest BCUT2D eigenvalue weighted by Gasteiger charge is -2.20. The van der Waals surface area contributed by atoms with Crippen LogP contribution in [0.2, 0.25) is 5.02 Å². The van der Waals surface area contributed by atoms with E-state index in [1.807, 2.05) is 6.92 Å². The number of anilines is 2. The predicted molar refractivity (Wildman–Crippen MR) is 103 cm³/mol. The summed E-state index contributed by atoms with van der Waals surface area (Å²) in [5.41, 5.74) is 1.55. The van der Waals surface area contributed by atoms with E-state index in [9.17, 15) is 18.8 Å². The minimum atomic E-state index is -1.01. The van der Waals surface area contributed by atoms with E-state index in [0.717, 1.165) is 10.5 Å². The first-order chi connectivity index (χ1) is 13.8. The molecule has 0 radical (unpaired) electrons. The molecular formula is C19H15ClFN5O3. The number of halogens is 2. The third-order valence-corrected chi connectivity index (χ3v) is 5.11. The van der Waals surface area contributed by atoms with Crippen LogP contribution in [0.15, 0.2) is 52.8 Å². The number of nitrogens with one attached hydrogen (secondary N) is 1. The monoisotopic (exact) mass is 415 g/mol. The van der Waals surface area contributed by atoms with Gasteiger partial charge in [-0.25, -0.2) is 9.29 Å². The van der Waals surface area contributed by atoms with Gasteiger partial charge in [0.2, 0.25) is 5.91 Å². The van der Waals surface area contributed by atoms with E-state index < -0.39 is 35.6 Å². The van der Waals surface area contributed by atoms with Crippen LogP contribution in [0.1, 0.15) is 5.56 Å². The first kappa shape index (κ1) is 19.0. The van der Waals surface area contributed by atoms with E-state index in [-0.39, 0.29) is 6.54 Å². The minimum Gasteiger partial charge on any atom is -0.324 e. The quantitative estimate of drug-likeness (QED) is 0.777. The third-order valence-electron chi connectivity index (χ3n) is 4.71. The number of carbonyl (C=O) groups excluding carboxylic acids is 3. The molecular weight excluding hydrogens is 401 g/mol. The lowest BCUT2D eigenvalue weighted by molar-refractivity contribution is -0.123. The Bertz CT molecular complexity index is 1040. The molecule has 0 saturated carbocycles. The highest BCUT2D eigenvalue weighted by molar-refractivity contribution is 6.32. The Morgan fingerprint density at radius 1 is 1.17 bits per heavy atom. The molecule has 0 bridgehead atoms. The average Bonchev–Trinajstić information content (AvgIpc) is 3.20. The summed E-state index contributed by atoms with van der Waals surface area (Å²) in [5, 5.41) is 11.9. The van der Waals surface area contributed by atoms with Crippen LogP contribution in [0.4, 0.5) is 15.8 Å². The zero-order valence-electron chi connectivity index (χ0n) is 15.2. The van der Waals surface area contributed by atoms with Crippen LogP contribution in [0, 0.1) is 12.7 Å². The van der Waals surface area contributed by atoms with Gasteiger partial charge in [0.05, 0.1) is 5.69 Å². The first-order valence-corrected chi connectivity index (χ1v) is 9.10. The summed E-state index contributed by atoms with van der Waals surface area (Å²) in [5.74, 6) is -1.96. The van der Waals surface area contributed by atoms with Crippen molar-refractivity contribution in [3.05, 3.63) is 58.9 Å². The van der Waals surface area contributed by atoms with E-state index >= 15 is 0 Å². The SMILES string of the molecule is Cc1ccc(N2C(=O)[C@H]3N=NN(CC(=O)Nc4ccc(F)cc4)[C@@H]3C2=O)cc1Cl. The Balaban J connectivity index is 1.49. The van der Waals surface area contributed by atoms with Crippen molar-refractivity contribution in [2.24, 2.45) is 10.3 Å². The molecule has 2 aliphatic rings. The normalized spacial score (nSPS) is 20.4. The summed E-state index contributed by atoms with van der Waals surface area (Å²) in [7, 11) is 0. The van der Waals surface area contributed by atoms with Gasteiger partial charge < -0.3 is 5.32 Å². The number of nitrogens with zero attached hydrogens (tertiary/aromatic N) is 4. The highest BCUT2D eigenvalue weighted by Gasteiger charge is 2.55. The van der Waals surface area contributed by atoms with E-state index in [1.165, 1.54) is 35.3 Å². The molecule has 1 saturated heterocycles. The first-order valence-electron chi connectivity index (χ1n) is 8.72. The highest BCUT2D eigenvalue weighted by atomic mass is 35.5. The lowest BCUT2D eigenvalue weighted by atomic mass is 10.1. The van der Waals surface area contributed by atoms with Crippen LogP contribution < -0.4 is 10.2 Å². The zero-order valence-corrected chi connectivity index (χ0v) is 15.9. The smallest absolute Gasteiger partial charge is 0.263 e. The largest absolute Gasteiger partial charge is 0.324 e. The summed E-state index contributed by atoms with van der Waals surface area (Å²) in [4.78, 5) is 38.9. The van der Waals surface area contributed by atoms with Gasteiger partial charge in [0.1, 0.15) is 12.4 Å². The van der Waals surface area contributed by atoms with E-state index in [1.54, 1.807) is 12.1 Å². The van der Waals surface area contributed by atoms with E-state index in [4.69, 9.17) is 11.6 Å². The fraction of sp³-hybridized carbons (Fsp3) is 0.211. The van der Waals surface area contributed by atoms with Crippen molar-refractivity contribution < 1.29 is 18.8 Å². The number of hydrogen-bond acceptors (Lipinski definition) is 6. The highest BCUT2D eigenvalue weighted by Crippen LogP contribution is 2.33. The number of carbonyl (C=O) groups is 3. The molecule has 29 heavy (non-hydrogen) atoms. The summed E-state index contributed by atoms with van der Waals surface area (Å²) < 4.78 is 13.0. The molecule has 4 rings (SSSR count). The average molecular weight is 416 g/mol. The molecule has 3 amide bonds. The van der Waals surface area contributed by atoms with Crippen LogP contribution >= 0.6 is 11.6 Å². The molecule has 2 heterocycles. The number of amides is 3. The predicted octanol–water partition coefficient (Wildman–Crippen LogP) is 2.72. The van der Waals surface area contributed by atoms with Crippen molar-refractivity contribution >= 4 is 40.7 Å². The zero-order chi connectivity index (χ0) is 20.7. The number of fused-ring (bicyclic) bond motifs is 1. The third kappa shape index (κ3) is 3.44. The number of rotatable bonds is 4. The van der Waals surface area contributed by atoms with Gasteiger partial charge in [0, 0.05) is 10.7 Å². The van der Waals surface area contributed by atoms with Crippen LogP contribution in [0.3, 0.4) is 0 Å². The molecule has 0 aliphatic carbocycles. The molecule has 2 aliphatic heterocycles. The summed E-state index contributed by atoms with van der Waals surface area (Å²) in [6.07, 6.45) is 0. The van der Waals surface area contributed by atoms with Gasteiger partial charge in [0.25, 0.3) is 11.8 Å². The fourth-order valence-corrected chi connectivity index (χ4v) is 3.38. The Kier molecular flexibility index (Phi) is 4.75. The topological polar surface area (TPSA) is 94.4 Å². The van der Waals surface area contributed by atoms with Crippen molar-refractivity contribution in [3.8, 4) is 0 Å². The number of benzene rings is 2. The molecule has 2 aromatic rings. The molecule has 2 aromatic carbocycles. The van der Waals surface area contributed by atoms with Crippen molar-refractivity contribution in [1.29, 1.82) is 0 Å². The molecule has 1 N–H and O–H groups in total. The molecule has 8 nitrogen and oxygen atoms in total. The second-order valence-corrected chi connectivity index (χ2v) is 7.10. The van der Waals surface area contributed by atoms with Crippen LogP contribution in [-0.4, -0.2) is 41.4 Å².